The zero-order chi connectivity index (χ0) is 22.9. The summed E-state index contributed by atoms with van der Waals surface area (Å²) in [4.78, 5) is 0. The SMILES string of the molecule is CC(C)c1cc(C(C)C)c(O)c(C(c2cc(C(C)C)cc(C(C)C)c2O)C(C)C)c1. The average Bonchev–Trinajstić information content (AvgIpc) is 2.63. The highest BCUT2D eigenvalue weighted by Gasteiger charge is 2.29. The Balaban J connectivity index is 2.88. The van der Waals surface area contributed by atoms with E-state index in [4.69, 9.17) is 0 Å². The Morgan fingerprint density at radius 2 is 0.767 bits per heavy atom. The zero-order valence-corrected chi connectivity index (χ0v) is 20.7. The van der Waals surface area contributed by atoms with E-state index in [-0.39, 0.29) is 23.7 Å². The molecule has 2 nitrogen and oxygen atoms in total. The summed E-state index contributed by atoms with van der Waals surface area (Å²) in [7, 11) is 0. The minimum Gasteiger partial charge on any atom is -0.507 e. The maximum atomic E-state index is 11.3. The number of benzene rings is 2. The average molecular weight is 411 g/mol. The summed E-state index contributed by atoms with van der Waals surface area (Å²) in [5, 5.41) is 22.6. The molecule has 0 unspecified atom stereocenters. The van der Waals surface area contributed by atoms with Gasteiger partial charge in [-0.15, -0.1) is 0 Å². The molecule has 0 aromatic heterocycles. The zero-order valence-electron chi connectivity index (χ0n) is 20.7. The monoisotopic (exact) mass is 410 g/mol. The van der Waals surface area contributed by atoms with E-state index < -0.39 is 0 Å². The molecular weight excluding hydrogens is 368 g/mol. The number of rotatable bonds is 7. The molecule has 2 heteroatoms. The van der Waals surface area contributed by atoms with Crippen molar-refractivity contribution in [1.29, 1.82) is 0 Å². The fourth-order valence-corrected chi connectivity index (χ4v) is 4.32. The fraction of sp³-hybridized carbons (Fsp3) is 0.571. The predicted octanol–water partition coefficient (Wildman–Crippen LogP) is 8.38. The summed E-state index contributed by atoms with van der Waals surface area (Å²) in [6.07, 6.45) is 0. The standard InChI is InChI=1S/C28H42O2/c1-15(2)20-11-22(17(5)6)27(29)24(13-20)26(19(9)10)25-14-21(16(3)4)12-23(18(7)8)28(25)30/h11-19,26,29-30H,1-10H3. The summed E-state index contributed by atoms with van der Waals surface area (Å²) in [6.45, 7) is 21.6. The van der Waals surface area contributed by atoms with Crippen molar-refractivity contribution < 1.29 is 10.2 Å². The van der Waals surface area contributed by atoms with Gasteiger partial charge in [-0.25, -0.2) is 0 Å². The molecular formula is C28H42O2. The highest BCUT2D eigenvalue weighted by molar-refractivity contribution is 5.56. The second-order valence-electron chi connectivity index (χ2n) is 10.4. The van der Waals surface area contributed by atoms with Crippen molar-refractivity contribution in [2.45, 2.75) is 98.8 Å². The van der Waals surface area contributed by atoms with E-state index in [0.29, 0.717) is 23.3 Å². The summed E-state index contributed by atoms with van der Waals surface area (Å²) in [5.41, 5.74) is 6.33. The molecule has 2 aromatic carbocycles. The Morgan fingerprint density at radius 3 is 1.00 bits per heavy atom. The minimum absolute atomic E-state index is 0.0719. The molecule has 30 heavy (non-hydrogen) atoms. The van der Waals surface area contributed by atoms with Crippen LogP contribution in [0.4, 0.5) is 0 Å². The van der Waals surface area contributed by atoms with Gasteiger partial charge in [-0.3, -0.25) is 0 Å². The first-order chi connectivity index (χ1) is 13.9. The molecule has 0 heterocycles. The Hall–Kier alpha value is -1.96. The van der Waals surface area contributed by atoms with Gasteiger partial charge in [0.2, 0.25) is 0 Å². The van der Waals surface area contributed by atoms with Gasteiger partial charge in [0.1, 0.15) is 11.5 Å². The van der Waals surface area contributed by atoms with E-state index in [9.17, 15) is 10.2 Å². The van der Waals surface area contributed by atoms with Gasteiger partial charge in [0.05, 0.1) is 0 Å². The number of hydrogen-bond acceptors (Lipinski definition) is 2. The van der Waals surface area contributed by atoms with Crippen LogP contribution in [0, 0.1) is 5.92 Å². The highest BCUT2D eigenvalue weighted by Crippen LogP contribution is 2.47. The van der Waals surface area contributed by atoms with E-state index in [1.165, 1.54) is 11.1 Å². The first-order valence-corrected chi connectivity index (χ1v) is 11.6. The van der Waals surface area contributed by atoms with E-state index in [1.807, 2.05) is 0 Å². The smallest absolute Gasteiger partial charge is 0.122 e. The quantitative estimate of drug-likeness (QED) is 0.481. The van der Waals surface area contributed by atoms with Crippen LogP contribution in [0.1, 0.15) is 132 Å². The highest BCUT2D eigenvalue weighted by atomic mass is 16.3. The Bertz CT molecular complexity index is 803. The van der Waals surface area contributed by atoms with Gasteiger partial charge in [-0.1, -0.05) is 93.5 Å². The van der Waals surface area contributed by atoms with E-state index in [1.54, 1.807) is 0 Å². The lowest BCUT2D eigenvalue weighted by molar-refractivity contribution is 0.425. The largest absolute Gasteiger partial charge is 0.507 e. The van der Waals surface area contributed by atoms with Crippen molar-refractivity contribution in [3.05, 3.63) is 57.6 Å². The second kappa shape index (κ2) is 9.45. The molecule has 0 aliphatic heterocycles. The van der Waals surface area contributed by atoms with Gasteiger partial charge < -0.3 is 10.2 Å². The van der Waals surface area contributed by atoms with E-state index >= 15 is 0 Å². The van der Waals surface area contributed by atoms with E-state index in [0.717, 1.165) is 22.3 Å². The topological polar surface area (TPSA) is 40.5 Å². The van der Waals surface area contributed by atoms with Crippen LogP contribution in [0.5, 0.6) is 11.5 Å². The van der Waals surface area contributed by atoms with Crippen molar-refractivity contribution in [1.82, 2.24) is 0 Å². The van der Waals surface area contributed by atoms with Crippen molar-refractivity contribution in [2.75, 3.05) is 0 Å². The summed E-state index contributed by atoms with van der Waals surface area (Å²) >= 11 is 0. The fourth-order valence-electron chi connectivity index (χ4n) is 4.32. The third-order valence-electron chi connectivity index (χ3n) is 6.30. The number of aromatic hydroxyl groups is 2. The maximum Gasteiger partial charge on any atom is 0.122 e. The van der Waals surface area contributed by atoms with Crippen molar-refractivity contribution in [3.8, 4) is 11.5 Å². The van der Waals surface area contributed by atoms with Crippen LogP contribution in [0.2, 0.25) is 0 Å². The molecule has 0 aliphatic rings. The molecule has 0 bridgehead atoms. The number of phenols is 2. The van der Waals surface area contributed by atoms with Gasteiger partial charge in [-0.05, 0) is 51.8 Å². The van der Waals surface area contributed by atoms with Crippen LogP contribution in [-0.4, -0.2) is 10.2 Å². The molecule has 0 saturated carbocycles. The van der Waals surface area contributed by atoms with Crippen molar-refractivity contribution in [3.63, 3.8) is 0 Å². The normalized spacial score (nSPS) is 12.4. The Labute approximate surface area is 184 Å². The first-order valence-electron chi connectivity index (χ1n) is 11.6. The lowest BCUT2D eigenvalue weighted by atomic mass is 9.76. The predicted molar refractivity (Wildman–Crippen MR) is 129 cm³/mol. The van der Waals surface area contributed by atoms with Crippen LogP contribution < -0.4 is 0 Å². The van der Waals surface area contributed by atoms with Crippen LogP contribution in [0.15, 0.2) is 24.3 Å². The summed E-state index contributed by atoms with van der Waals surface area (Å²) in [6, 6.07) is 8.62. The maximum absolute atomic E-state index is 11.3. The molecule has 2 aromatic rings. The molecule has 0 spiro atoms. The van der Waals surface area contributed by atoms with Crippen LogP contribution in [0.3, 0.4) is 0 Å². The molecule has 2 rings (SSSR count). The second-order valence-corrected chi connectivity index (χ2v) is 10.4. The lowest BCUT2D eigenvalue weighted by Gasteiger charge is -2.29. The van der Waals surface area contributed by atoms with Gasteiger partial charge in [0.25, 0.3) is 0 Å². The summed E-state index contributed by atoms with van der Waals surface area (Å²) in [5.74, 6) is 2.13. The molecule has 0 fully saturated rings. The third-order valence-corrected chi connectivity index (χ3v) is 6.30. The van der Waals surface area contributed by atoms with Gasteiger partial charge in [0, 0.05) is 17.0 Å². The number of phenolic OH excluding ortho intramolecular Hbond substituents is 2. The van der Waals surface area contributed by atoms with Gasteiger partial charge in [0.15, 0.2) is 0 Å². The first kappa shape index (κ1) is 24.3. The Kier molecular flexibility index (Phi) is 7.66. The van der Waals surface area contributed by atoms with Gasteiger partial charge >= 0.3 is 0 Å². The van der Waals surface area contributed by atoms with Crippen molar-refractivity contribution in [2.24, 2.45) is 5.92 Å². The molecule has 166 valence electrons. The summed E-state index contributed by atoms with van der Waals surface area (Å²) < 4.78 is 0. The van der Waals surface area contributed by atoms with E-state index in [2.05, 4.69) is 93.5 Å². The third kappa shape index (κ3) is 4.85. The van der Waals surface area contributed by atoms with Crippen LogP contribution >= 0.6 is 0 Å². The van der Waals surface area contributed by atoms with Crippen LogP contribution in [-0.2, 0) is 0 Å². The Morgan fingerprint density at radius 1 is 0.467 bits per heavy atom. The minimum atomic E-state index is -0.0719. The molecule has 0 amide bonds. The lowest BCUT2D eigenvalue weighted by Crippen LogP contribution is -2.13. The number of hydrogen-bond donors (Lipinski definition) is 2. The molecule has 2 N–H and O–H groups in total. The molecule has 0 aliphatic carbocycles. The molecule has 0 radical (unpaired) electrons. The van der Waals surface area contributed by atoms with Gasteiger partial charge in [-0.2, -0.15) is 0 Å². The van der Waals surface area contributed by atoms with Crippen molar-refractivity contribution >= 4 is 0 Å². The molecule has 0 atom stereocenters. The van der Waals surface area contributed by atoms with Crippen LogP contribution in [0.25, 0.3) is 0 Å². The molecule has 0 saturated heterocycles.